The van der Waals surface area contributed by atoms with Crippen LogP contribution in [0.4, 0.5) is 0 Å². The van der Waals surface area contributed by atoms with Gasteiger partial charge < -0.3 is 9.73 Å². The van der Waals surface area contributed by atoms with E-state index in [1.807, 2.05) is 6.07 Å². The Balaban J connectivity index is 1.71. The van der Waals surface area contributed by atoms with E-state index in [0.717, 1.165) is 22.5 Å². The third-order valence-corrected chi connectivity index (χ3v) is 4.73. The predicted molar refractivity (Wildman–Crippen MR) is 84.4 cm³/mol. The van der Waals surface area contributed by atoms with Crippen molar-refractivity contribution in [2.24, 2.45) is 4.99 Å². The molecule has 1 aromatic rings. The highest BCUT2D eigenvalue weighted by Crippen LogP contribution is 2.29. The summed E-state index contributed by atoms with van der Waals surface area (Å²) in [6.07, 6.45) is 9.38. The molecule has 20 heavy (non-hydrogen) atoms. The lowest BCUT2D eigenvalue weighted by molar-refractivity contribution is -0.115. The highest BCUT2D eigenvalue weighted by molar-refractivity contribution is 9.10. The van der Waals surface area contributed by atoms with Gasteiger partial charge in [-0.15, -0.1) is 0 Å². The number of carbonyl (C=O) groups excluding carboxylic acids is 1. The van der Waals surface area contributed by atoms with Crippen molar-refractivity contribution >= 4 is 44.8 Å². The topological polar surface area (TPSA) is 54.6 Å². The van der Waals surface area contributed by atoms with Crippen molar-refractivity contribution in [3.63, 3.8) is 0 Å². The average Bonchev–Trinajstić information content (AvgIpc) is 2.98. The summed E-state index contributed by atoms with van der Waals surface area (Å²) in [6, 6.07) is 2.19. The zero-order valence-electron chi connectivity index (χ0n) is 10.9. The Bertz CT molecular complexity index is 573. The van der Waals surface area contributed by atoms with E-state index in [4.69, 9.17) is 4.42 Å². The number of furan rings is 1. The summed E-state index contributed by atoms with van der Waals surface area (Å²) in [6.45, 7) is 0. The van der Waals surface area contributed by atoms with Crippen LogP contribution in [0.2, 0.25) is 0 Å². The molecule has 1 aromatic heterocycles. The van der Waals surface area contributed by atoms with Gasteiger partial charge in [-0.1, -0.05) is 19.3 Å². The first-order valence-electron chi connectivity index (χ1n) is 6.73. The van der Waals surface area contributed by atoms with Gasteiger partial charge in [-0.2, -0.15) is 0 Å². The first-order valence-corrected chi connectivity index (χ1v) is 8.34. The molecule has 1 N–H and O–H groups in total. The molecule has 0 bridgehead atoms. The van der Waals surface area contributed by atoms with Crippen LogP contribution in [0.25, 0.3) is 6.08 Å². The van der Waals surface area contributed by atoms with Gasteiger partial charge in [0.1, 0.15) is 12.0 Å². The Hall–Kier alpha value is -1.01. The molecule has 106 valence electrons. The number of rotatable bonds is 2. The summed E-state index contributed by atoms with van der Waals surface area (Å²) >= 11 is 4.71. The van der Waals surface area contributed by atoms with Crippen LogP contribution in [-0.2, 0) is 4.79 Å². The van der Waals surface area contributed by atoms with Gasteiger partial charge in [-0.05, 0) is 46.6 Å². The molecule has 1 saturated heterocycles. The van der Waals surface area contributed by atoms with Crippen LogP contribution in [0, 0.1) is 0 Å². The van der Waals surface area contributed by atoms with Crippen LogP contribution in [0.5, 0.6) is 0 Å². The minimum absolute atomic E-state index is 0.0999. The maximum absolute atomic E-state index is 11.9. The number of nitrogens with one attached hydrogen (secondary N) is 1. The fourth-order valence-corrected chi connectivity index (χ4v) is 3.59. The smallest absolute Gasteiger partial charge is 0.264 e. The van der Waals surface area contributed by atoms with E-state index in [1.54, 1.807) is 12.3 Å². The van der Waals surface area contributed by atoms with Crippen molar-refractivity contribution < 1.29 is 9.21 Å². The number of hydrogen-bond donors (Lipinski definition) is 1. The normalized spacial score (nSPS) is 24.6. The third kappa shape index (κ3) is 3.35. The number of halogens is 1. The lowest BCUT2D eigenvalue weighted by Crippen LogP contribution is -2.22. The first-order chi connectivity index (χ1) is 9.70. The molecule has 0 radical (unpaired) electrons. The van der Waals surface area contributed by atoms with Crippen molar-refractivity contribution in [2.75, 3.05) is 0 Å². The molecule has 0 aromatic carbocycles. The number of amides is 1. The number of nitrogens with zero attached hydrogens (tertiary/aromatic N) is 1. The van der Waals surface area contributed by atoms with Gasteiger partial charge in [-0.3, -0.25) is 9.79 Å². The number of amidine groups is 1. The second-order valence-electron chi connectivity index (χ2n) is 4.96. The van der Waals surface area contributed by atoms with Crippen LogP contribution >= 0.6 is 27.7 Å². The molecular weight excluding hydrogens is 340 g/mol. The minimum Gasteiger partial charge on any atom is -0.464 e. The largest absolute Gasteiger partial charge is 0.464 e. The molecule has 2 fully saturated rings. The number of hydrogen-bond acceptors (Lipinski definition) is 4. The standard InChI is InChI=1S/C14H15BrN2O2S/c15-9-6-11(19-8-9)7-12-13(18)17-14(20-12)16-10-4-2-1-3-5-10/h6-8,10H,1-5H2,(H,16,17,18)/b12-7+. The zero-order chi connectivity index (χ0) is 13.9. The second-order valence-corrected chi connectivity index (χ2v) is 6.90. The molecule has 1 amide bonds. The highest BCUT2D eigenvalue weighted by Gasteiger charge is 2.25. The van der Waals surface area contributed by atoms with Gasteiger partial charge in [0.05, 0.1) is 15.4 Å². The van der Waals surface area contributed by atoms with Gasteiger partial charge in [0.2, 0.25) is 0 Å². The predicted octanol–water partition coefficient (Wildman–Crippen LogP) is 3.93. The Morgan fingerprint density at radius 3 is 2.90 bits per heavy atom. The van der Waals surface area contributed by atoms with Gasteiger partial charge in [0.25, 0.3) is 5.91 Å². The van der Waals surface area contributed by atoms with Crippen molar-refractivity contribution in [3.8, 4) is 0 Å². The van der Waals surface area contributed by atoms with Gasteiger partial charge in [0.15, 0.2) is 5.17 Å². The highest BCUT2D eigenvalue weighted by atomic mass is 79.9. The Morgan fingerprint density at radius 2 is 2.20 bits per heavy atom. The Kier molecular flexibility index (Phi) is 4.31. The van der Waals surface area contributed by atoms with E-state index in [9.17, 15) is 4.79 Å². The molecule has 3 rings (SSSR count). The van der Waals surface area contributed by atoms with Crippen LogP contribution in [0.15, 0.2) is 31.1 Å². The molecule has 0 atom stereocenters. The number of carbonyl (C=O) groups is 1. The quantitative estimate of drug-likeness (QED) is 0.818. The molecular formula is C14H15BrN2O2S. The maximum Gasteiger partial charge on any atom is 0.264 e. The van der Waals surface area contributed by atoms with E-state index in [2.05, 4.69) is 26.2 Å². The van der Waals surface area contributed by atoms with Crippen LogP contribution in [-0.4, -0.2) is 17.1 Å². The van der Waals surface area contributed by atoms with Crippen LogP contribution in [0.3, 0.4) is 0 Å². The van der Waals surface area contributed by atoms with Crippen molar-refractivity contribution in [1.82, 2.24) is 5.32 Å². The molecule has 2 aliphatic rings. The summed E-state index contributed by atoms with van der Waals surface area (Å²) in [5.41, 5.74) is 0. The van der Waals surface area contributed by atoms with E-state index < -0.39 is 0 Å². The van der Waals surface area contributed by atoms with Gasteiger partial charge >= 0.3 is 0 Å². The summed E-state index contributed by atoms with van der Waals surface area (Å²) in [4.78, 5) is 17.2. The summed E-state index contributed by atoms with van der Waals surface area (Å²) in [7, 11) is 0. The second kappa shape index (κ2) is 6.18. The summed E-state index contributed by atoms with van der Waals surface area (Å²) in [5, 5.41) is 3.55. The van der Waals surface area contributed by atoms with Crippen LogP contribution < -0.4 is 5.32 Å². The first kappa shape index (κ1) is 13.9. The molecule has 1 aliphatic carbocycles. The Morgan fingerprint density at radius 1 is 1.40 bits per heavy atom. The molecule has 1 aliphatic heterocycles. The lowest BCUT2D eigenvalue weighted by atomic mass is 9.96. The molecule has 4 nitrogen and oxygen atoms in total. The SMILES string of the molecule is O=C1NC(=NC2CCCCC2)S/C1=C/c1cc(Br)co1. The number of aliphatic imine (C=N–C) groups is 1. The fraction of sp³-hybridized carbons (Fsp3) is 0.429. The summed E-state index contributed by atoms with van der Waals surface area (Å²) in [5.74, 6) is 0.561. The lowest BCUT2D eigenvalue weighted by Gasteiger charge is -2.17. The molecule has 0 unspecified atom stereocenters. The maximum atomic E-state index is 11.9. The van der Waals surface area contributed by atoms with E-state index in [0.29, 0.717) is 16.7 Å². The fourth-order valence-electron chi connectivity index (χ4n) is 2.40. The third-order valence-electron chi connectivity index (χ3n) is 3.39. The average molecular weight is 355 g/mol. The van der Waals surface area contributed by atoms with Crippen molar-refractivity contribution in [3.05, 3.63) is 27.5 Å². The summed E-state index contributed by atoms with van der Waals surface area (Å²) < 4.78 is 6.17. The molecule has 6 heteroatoms. The Labute approximate surface area is 130 Å². The van der Waals surface area contributed by atoms with Crippen LogP contribution in [0.1, 0.15) is 37.9 Å². The van der Waals surface area contributed by atoms with E-state index in [-0.39, 0.29) is 5.91 Å². The molecule has 2 heterocycles. The van der Waals surface area contributed by atoms with E-state index >= 15 is 0 Å². The zero-order valence-corrected chi connectivity index (χ0v) is 13.3. The van der Waals surface area contributed by atoms with Crippen molar-refractivity contribution in [2.45, 2.75) is 38.1 Å². The molecule has 0 spiro atoms. The van der Waals surface area contributed by atoms with Gasteiger partial charge in [0, 0.05) is 6.08 Å². The van der Waals surface area contributed by atoms with Gasteiger partial charge in [-0.25, -0.2) is 0 Å². The minimum atomic E-state index is -0.0999. The number of thioether (sulfide) groups is 1. The van der Waals surface area contributed by atoms with Crippen molar-refractivity contribution in [1.29, 1.82) is 0 Å². The monoisotopic (exact) mass is 354 g/mol. The molecule has 1 saturated carbocycles. The van der Waals surface area contributed by atoms with E-state index in [1.165, 1.54) is 31.0 Å².